The molecule has 0 bridgehead atoms. The van der Waals surface area contributed by atoms with Crippen molar-refractivity contribution in [1.29, 1.82) is 0 Å². The van der Waals surface area contributed by atoms with Crippen LogP contribution in [-0.2, 0) is 10.0 Å². The van der Waals surface area contributed by atoms with Crippen LogP contribution >= 0.6 is 11.6 Å². The van der Waals surface area contributed by atoms with Crippen LogP contribution in [0.4, 0.5) is 11.4 Å². The minimum absolute atomic E-state index is 0.0305. The molecule has 0 saturated heterocycles. The number of aromatic carboxylic acids is 1. The van der Waals surface area contributed by atoms with Crippen molar-refractivity contribution in [2.75, 3.05) is 23.2 Å². The van der Waals surface area contributed by atoms with E-state index in [4.69, 9.17) is 11.6 Å². The van der Waals surface area contributed by atoms with Gasteiger partial charge in [0.2, 0.25) is 0 Å². The Balaban J connectivity index is 2.35. The lowest BCUT2D eigenvalue weighted by molar-refractivity contribution is 0.0697. The average molecular weight is 397 g/mol. The van der Waals surface area contributed by atoms with Gasteiger partial charge in [-0.3, -0.25) is 4.72 Å². The molecule has 0 radical (unpaired) electrons. The predicted molar refractivity (Wildman–Crippen MR) is 104 cm³/mol. The SMILES string of the molecule is CCCCN(C)c1ccc(NS(=O)(=O)c2ccccc2Cl)cc1C(=O)O. The van der Waals surface area contributed by atoms with Gasteiger partial charge >= 0.3 is 5.97 Å². The van der Waals surface area contributed by atoms with Crippen LogP contribution in [0.25, 0.3) is 0 Å². The van der Waals surface area contributed by atoms with Gasteiger partial charge in [-0.05, 0) is 36.8 Å². The fraction of sp³-hybridized carbons (Fsp3) is 0.278. The van der Waals surface area contributed by atoms with Crippen molar-refractivity contribution in [2.24, 2.45) is 0 Å². The van der Waals surface area contributed by atoms with Crippen LogP contribution in [0.5, 0.6) is 0 Å². The second-order valence-corrected chi connectivity index (χ2v) is 7.91. The summed E-state index contributed by atoms with van der Waals surface area (Å²) in [5, 5.41) is 9.59. The van der Waals surface area contributed by atoms with Crippen molar-refractivity contribution in [3.8, 4) is 0 Å². The standard InChI is InChI=1S/C18H21ClN2O4S/c1-3-4-11-21(2)16-10-9-13(12-14(16)18(22)23)20-26(24,25)17-8-6-5-7-15(17)19/h5-10,12,20H,3-4,11H2,1-2H3,(H,22,23). The Morgan fingerprint density at radius 2 is 1.92 bits per heavy atom. The summed E-state index contributed by atoms with van der Waals surface area (Å²) in [5.74, 6) is -1.12. The Bertz CT molecular complexity index is 900. The molecule has 2 aromatic rings. The first-order chi connectivity index (χ1) is 12.3. The largest absolute Gasteiger partial charge is 0.478 e. The van der Waals surface area contributed by atoms with Gasteiger partial charge in [0.25, 0.3) is 10.0 Å². The maximum atomic E-state index is 12.5. The number of rotatable bonds is 8. The molecular formula is C18H21ClN2O4S. The summed E-state index contributed by atoms with van der Waals surface area (Å²) in [4.78, 5) is 13.4. The third-order valence-electron chi connectivity index (χ3n) is 3.86. The first kappa shape index (κ1) is 20.1. The Kier molecular flexibility index (Phi) is 6.50. The molecule has 0 aliphatic heterocycles. The van der Waals surface area contributed by atoms with Gasteiger partial charge in [-0.25, -0.2) is 13.2 Å². The molecule has 0 aliphatic rings. The third kappa shape index (κ3) is 4.68. The lowest BCUT2D eigenvalue weighted by atomic mass is 10.1. The minimum atomic E-state index is -3.92. The normalized spacial score (nSPS) is 11.2. The van der Waals surface area contributed by atoms with Crippen molar-refractivity contribution in [3.63, 3.8) is 0 Å². The first-order valence-electron chi connectivity index (χ1n) is 8.12. The van der Waals surface area contributed by atoms with E-state index in [0.29, 0.717) is 12.2 Å². The molecule has 0 amide bonds. The van der Waals surface area contributed by atoms with E-state index in [9.17, 15) is 18.3 Å². The van der Waals surface area contributed by atoms with Gasteiger partial charge in [0.05, 0.1) is 16.3 Å². The number of hydrogen-bond donors (Lipinski definition) is 2. The van der Waals surface area contributed by atoms with Gasteiger partial charge in [-0.1, -0.05) is 37.1 Å². The van der Waals surface area contributed by atoms with Crippen LogP contribution in [0.15, 0.2) is 47.4 Å². The van der Waals surface area contributed by atoms with E-state index in [2.05, 4.69) is 11.6 Å². The maximum Gasteiger partial charge on any atom is 0.337 e. The van der Waals surface area contributed by atoms with E-state index in [1.807, 2.05) is 11.9 Å². The topological polar surface area (TPSA) is 86.7 Å². The lowest BCUT2D eigenvalue weighted by Crippen LogP contribution is -2.21. The molecule has 140 valence electrons. The molecule has 0 aliphatic carbocycles. The predicted octanol–water partition coefficient (Wildman–Crippen LogP) is 4.08. The monoisotopic (exact) mass is 396 g/mol. The molecule has 0 unspecified atom stereocenters. The van der Waals surface area contributed by atoms with Crippen LogP contribution in [0, 0.1) is 0 Å². The van der Waals surface area contributed by atoms with Crippen LogP contribution in [0.3, 0.4) is 0 Å². The number of sulfonamides is 1. The van der Waals surface area contributed by atoms with E-state index < -0.39 is 16.0 Å². The smallest absolute Gasteiger partial charge is 0.337 e. The molecule has 0 fully saturated rings. The van der Waals surface area contributed by atoms with Gasteiger partial charge in [-0.15, -0.1) is 0 Å². The number of halogens is 1. The summed E-state index contributed by atoms with van der Waals surface area (Å²) in [6.45, 7) is 2.76. The van der Waals surface area contributed by atoms with Gasteiger partial charge in [0.1, 0.15) is 4.90 Å². The number of hydrogen-bond acceptors (Lipinski definition) is 4. The second-order valence-electron chi connectivity index (χ2n) is 5.85. The second kappa shape index (κ2) is 8.42. The summed E-state index contributed by atoms with van der Waals surface area (Å²) >= 11 is 5.95. The molecule has 0 saturated carbocycles. The third-order valence-corrected chi connectivity index (χ3v) is 5.74. The fourth-order valence-electron chi connectivity index (χ4n) is 2.49. The lowest BCUT2D eigenvalue weighted by Gasteiger charge is -2.21. The molecule has 2 aromatic carbocycles. The van der Waals surface area contributed by atoms with Crippen molar-refractivity contribution >= 4 is 39.0 Å². The van der Waals surface area contributed by atoms with Crippen LogP contribution in [0.2, 0.25) is 5.02 Å². The first-order valence-corrected chi connectivity index (χ1v) is 9.98. The van der Waals surface area contributed by atoms with E-state index in [1.165, 1.54) is 18.2 Å². The zero-order chi connectivity index (χ0) is 19.3. The summed E-state index contributed by atoms with van der Waals surface area (Å²) in [5.41, 5.74) is 0.726. The van der Waals surface area contributed by atoms with E-state index in [0.717, 1.165) is 12.8 Å². The van der Waals surface area contributed by atoms with E-state index >= 15 is 0 Å². The van der Waals surface area contributed by atoms with Crippen LogP contribution in [0.1, 0.15) is 30.1 Å². The molecule has 0 spiro atoms. The maximum absolute atomic E-state index is 12.5. The molecule has 6 nitrogen and oxygen atoms in total. The Morgan fingerprint density at radius 3 is 2.54 bits per heavy atom. The summed E-state index contributed by atoms with van der Waals surface area (Å²) in [6, 6.07) is 10.5. The number of benzene rings is 2. The quantitative estimate of drug-likeness (QED) is 0.702. The van der Waals surface area contributed by atoms with Gasteiger partial charge in [0.15, 0.2) is 0 Å². The van der Waals surface area contributed by atoms with Crippen LogP contribution in [-0.4, -0.2) is 33.1 Å². The number of nitrogens with zero attached hydrogens (tertiary/aromatic N) is 1. The zero-order valence-electron chi connectivity index (χ0n) is 14.6. The zero-order valence-corrected chi connectivity index (χ0v) is 16.1. The fourth-order valence-corrected chi connectivity index (χ4v) is 4.06. The van der Waals surface area contributed by atoms with Crippen molar-refractivity contribution < 1.29 is 18.3 Å². The highest BCUT2D eigenvalue weighted by Crippen LogP contribution is 2.27. The van der Waals surface area contributed by atoms with Crippen LogP contribution < -0.4 is 9.62 Å². The van der Waals surface area contributed by atoms with E-state index in [1.54, 1.807) is 24.3 Å². The molecule has 0 aromatic heterocycles. The summed E-state index contributed by atoms with van der Waals surface area (Å²) in [7, 11) is -2.11. The molecule has 0 atom stereocenters. The van der Waals surface area contributed by atoms with E-state index in [-0.39, 0.29) is 21.2 Å². The number of anilines is 2. The number of nitrogens with one attached hydrogen (secondary N) is 1. The average Bonchev–Trinajstić information content (AvgIpc) is 2.59. The number of carbonyl (C=O) groups is 1. The summed E-state index contributed by atoms with van der Waals surface area (Å²) in [6.07, 6.45) is 1.92. The number of carboxylic acid groups (broad SMARTS) is 1. The van der Waals surface area contributed by atoms with Gasteiger partial charge in [0, 0.05) is 19.3 Å². The Morgan fingerprint density at radius 1 is 1.23 bits per heavy atom. The Hall–Kier alpha value is -2.25. The molecule has 26 heavy (non-hydrogen) atoms. The number of carboxylic acids is 1. The molecular weight excluding hydrogens is 376 g/mol. The minimum Gasteiger partial charge on any atom is -0.478 e. The molecule has 8 heteroatoms. The molecule has 2 rings (SSSR count). The van der Waals surface area contributed by atoms with Crippen molar-refractivity contribution in [2.45, 2.75) is 24.7 Å². The highest BCUT2D eigenvalue weighted by Gasteiger charge is 2.20. The van der Waals surface area contributed by atoms with Crippen molar-refractivity contribution in [3.05, 3.63) is 53.1 Å². The highest BCUT2D eigenvalue weighted by molar-refractivity contribution is 7.92. The van der Waals surface area contributed by atoms with Crippen molar-refractivity contribution in [1.82, 2.24) is 0 Å². The summed E-state index contributed by atoms with van der Waals surface area (Å²) < 4.78 is 27.4. The molecule has 2 N–H and O–H groups in total. The van der Waals surface area contributed by atoms with Gasteiger partial charge in [-0.2, -0.15) is 0 Å². The highest BCUT2D eigenvalue weighted by atomic mass is 35.5. The Labute approximate surface area is 158 Å². The van der Waals surface area contributed by atoms with Gasteiger partial charge < -0.3 is 10.0 Å². The molecule has 0 heterocycles. The number of unbranched alkanes of at least 4 members (excludes halogenated alkanes) is 1.